The average Bonchev–Trinajstić information content (AvgIpc) is 2.65. The van der Waals surface area contributed by atoms with Gasteiger partial charge in [0.25, 0.3) is 5.69 Å². The van der Waals surface area contributed by atoms with Gasteiger partial charge in [0.05, 0.1) is 22.9 Å². The number of nitrogens with zero attached hydrogens (tertiary/aromatic N) is 2. The summed E-state index contributed by atoms with van der Waals surface area (Å²) in [6.45, 7) is 5.27. The zero-order chi connectivity index (χ0) is 23.0. The van der Waals surface area contributed by atoms with Gasteiger partial charge in [-0.1, -0.05) is 23.8 Å². The molecule has 0 bridgehead atoms. The fraction of sp³-hybridized carbons (Fsp3) is 0.381. The number of carbonyl (C=O) groups is 1. The number of aryl methyl sites for hydroxylation is 1. The zero-order valence-corrected chi connectivity index (χ0v) is 18.6. The van der Waals surface area contributed by atoms with E-state index in [9.17, 15) is 23.3 Å². The van der Waals surface area contributed by atoms with Gasteiger partial charge in [0, 0.05) is 24.1 Å². The number of rotatable bonds is 6. The summed E-state index contributed by atoms with van der Waals surface area (Å²) in [6.07, 6.45) is 1.46. The van der Waals surface area contributed by atoms with E-state index in [1.807, 2.05) is 39.0 Å². The minimum Gasteiger partial charge on any atom is -0.487 e. The molecule has 0 saturated carbocycles. The second-order valence-electron chi connectivity index (χ2n) is 8.27. The molecule has 0 spiro atoms. The Balaban J connectivity index is 1.86. The first-order valence-corrected chi connectivity index (χ1v) is 11.5. The number of amides is 1. The number of hydrogen-bond acceptors (Lipinski definition) is 6. The highest BCUT2D eigenvalue weighted by molar-refractivity contribution is 7.92. The van der Waals surface area contributed by atoms with Crippen LogP contribution in [0.3, 0.4) is 0 Å². The molecule has 1 atom stereocenters. The quantitative estimate of drug-likeness (QED) is 0.537. The number of hydrogen-bond donors (Lipinski definition) is 1. The summed E-state index contributed by atoms with van der Waals surface area (Å²) in [5, 5.41) is 14.0. The molecule has 2 aromatic carbocycles. The highest BCUT2D eigenvalue weighted by Crippen LogP contribution is 2.39. The number of nitro groups is 1. The highest BCUT2D eigenvalue weighted by Gasteiger charge is 2.35. The molecule has 0 aromatic heterocycles. The number of carbonyl (C=O) groups excluding carboxylic acids is 1. The molecule has 0 aliphatic carbocycles. The summed E-state index contributed by atoms with van der Waals surface area (Å²) >= 11 is 0. The third kappa shape index (κ3) is 5.32. The maximum atomic E-state index is 12.9. The topological polar surface area (TPSA) is 119 Å². The van der Waals surface area contributed by atoms with Crippen LogP contribution in [-0.4, -0.2) is 37.6 Å². The van der Waals surface area contributed by atoms with E-state index in [2.05, 4.69) is 5.32 Å². The first-order chi connectivity index (χ1) is 14.4. The predicted molar refractivity (Wildman–Crippen MR) is 117 cm³/mol. The van der Waals surface area contributed by atoms with Crippen molar-refractivity contribution < 1.29 is 22.9 Å². The summed E-state index contributed by atoms with van der Waals surface area (Å²) in [5.41, 5.74) is 1.11. The number of nitro benzene ring substituents is 1. The number of anilines is 1. The van der Waals surface area contributed by atoms with Gasteiger partial charge in [-0.2, -0.15) is 0 Å². The first kappa shape index (κ1) is 22.5. The van der Waals surface area contributed by atoms with Crippen molar-refractivity contribution in [3.63, 3.8) is 0 Å². The van der Waals surface area contributed by atoms with Crippen molar-refractivity contribution in [2.75, 3.05) is 17.1 Å². The van der Waals surface area contributed by atoms with E-state index in [0.717, 1.165) is 27.8 Å². The maximum Gasteiger partial charge on any atom is 0.271 e. The molecule has 3 rings (SSSR count). The molecule has 9 nitrogen and oxygen atoms in total. The van der Waals surface area contributed by atoms with Crippen LogP contribution in [0.1, 0.15) is 37.4 Å². The first-order valence-electron chi connectivity index (χ1n) is 9.67. The van der Waals surface area contributed by atoms with Crippen LogP contribution >= 0.6 is 0 Å². The lowest BCUT2D eigenvalue weighted by Crippen LogP contribution is -2.45. The largest absolute Gasteiger partial charge is 0.487 e. The molecular formula is C21H25N3O6S. The number of ether oxygens (including phenoxy) is 1. The van der Waals surface area contributed by atoms with Crippen molar-refractivity contribution in [3.8, 4) is 5.75 Å². The second-order valence-corrected chi connectivity index (χ2v) is 10.2. The molecule has 0 unspecified atom stereocenters. The van der Waals surface area contributed by atoms with Crippen LogP contribution in [0.2, 0.25) is 0 Å². The van der Waals surface area contributed by atoms with Crippen molar-refractivity contribution in [3.05, 3.63) is 63.7 Å². The van der Waals surface area contributed by atoms with Crippen LogP contribution in [0.15, 0.2) is 42.5 Å². The maximum absolute atomic E-state index is 12.9. The van der Waals surface area contributed by atoms with Gasteiger partial charge < -0.3 is 10.1 Å². The normalized spacial score (nSPS) is 17.2. The molecule has 0 fully saturated rings. The third-order valence-electron chi connectivity index (χ3n) is 4.97. The number of sulfonamides is 1. The number of non-ortho nitro benzene ring substituents is 1. The Kier molecular flexibility index (Phi) is 5.95. The molecular weight excluding hydrogens is 422 g/mol. The summed E-state index contributed by atoms with van der Waals surface area (Å²) in [7, 11) is -3.86. The van der Waals surface area contributed by atoms with E-state index in [4.69, 9.17) is 4.74 Å². The molecule has 1 N–H and O–H groups in total. The molecule has 1 aliphatic rings. The van der Waals surface area contributed by atoms with E-state index >= 15 is 0 Å². The molecule has 1 aliphatic heterocycles. The van der Waals surface area contributed by atoms with Crippen molar-refractivity contribution in [2.45, 2.75) is 38.8 Å². The lowest BCUT2D eigenvalue weighted by atomic mass is 9.89. The third-order valence-corrected chi connectivity index (χ3v) is 6.11. The average molecular weight is 448 g/mol. The van der Waals surface area contributed by atoms with Crippen LogP contribution in [0.4, 0.5) is 11.4 Å². The Morgan fingerprint density at radius 1 is 1.29 bits per heavy atom. The van der Waals surface area contributed by atoms with Crippen LogP contribution in [-0.2, 0) is 14.8 Å². The van der Waals surface area contributed by atoms with E-state index < -0.39 is 33.0 Å². The van der Waals surface area contributed by atoms with Crippen LogP contribution < -0.4 is 14.4 Å². The lowest BCUT2D eigenvalue weighted by Gasteiger charge is -2.38. The van der Waals surface area contributed by atoms with E-state index in [1.165, 1.54) is 18.2 Å². The molecule has 166 valence electrons. The Bertz CT molecular complexity index is 1130. The van der Waals surface area contributed by atoms with Crippen molar-refractivity contribution >= 4 is 27.3 Å². The fourth-order valence-electron chi connectivity index (χ4n) is 3.63. The van der Waals surface area contributed by atoms with Gasteiger partial charge in [-0.15, -0.1) is 0 Å². The Morgan fingerprint density at radius 2 is 2.00 bits per heavy atom. The monoisotopic (exact) mass is 447 g/mol. The minimum absolute atomic E-state index is 0.0513. The predicted octanol–water partition coefficient (Wildman–Crippen LogP) is 3.09. The molecule has 1 amide bonds. The van der Waals surface area contributed by atoms with E-state index in [0.29, 0.717) is 12.2 Å². The van der Waals surface area contributed by atoms with Gasteiger partial charge in [-0.25, -0.2) is 8.42 Å². The fourth-order valence-corrected chi connectivity index (χ4v) is 4.48. The Hall–Kier alpha value is -3.14. The van der Waals surface area contributed by atoms with Gasteiger partial charge >= 0.3 is 0 Å². The smallest absolute Gasteiger partial charge is 0.271 e. The van der Waals surface area contributed by atoms with Gasteiger partial charge in [-0.05, 0) is 32.9 Å². The van der Waals surface area contributed by atoms with Gasteiger partial charge in [0.1, 0.15) is 17.9 Å². The minimum atomic E-state index is -3.86. The summed E-state index contributed by atoms with van der Waals surface area (Å²) in [4.78, 5) is 23.3. The Morgan fingerprint density at radius 3 is 2.65 bits per heavy atom. The van der Waals surface area contributed by atoms with Crippen LogP contribution in [0.25, 0.3) is 0 Å². The van der Waals surface area contributed by atoms with Crippen LogP contribution in [0.5, 0.6) is 5.75 Å². The van der Waals surface area contributed by atoms with Crippen molar-refractivity contribution in [2.24, 2.45) is 0 Å². The van der Waals surface area contributed by atoms with E-state index in [-0.39, 0.29) is 17.4 Å². The second kappa shape index (κ2) is 8.18. The lowest BCUT2D eigenvalue weighted by molar-refractivity contribution is -0.384. The summed E-state index contributed by atoms with van der Waals surface area (Å²) in [5.74, 6) is 0.151. The molecule has 0 radical (unpaired) electrons. The van der Waals surface area contributed by atoms with Crippen molar-refractivity contribution in [1.82, 2.24) is 5.32 Å². The molecule has 2 aromatic rings. The summed E-state index contributed by atoms with van der Waals surface area (Å²) in [6, 6.07) is 10.5. The zero-order valence-electron chi connectivity index (χ0n) is 17.8. The number of fused-ring (bicyclic) bond motifs is 1. The SMILES string of the molecule is Cc1ccc2c(c1)[C@H](NC(=O)CN(c1cccc([N+](=O)[O-])c1)S(C)(=O)=O)CC(C)(C)O2. The standard InChI is InChI=1S/C21H25N3O6S/c1-14-8-9-19-17(10-14)18(12-21(2,3)30-19)22-20(25)13-23(31(4,28)29)15-6-5-7-16(11-15)24(26)27/h5-11,18H,12-13H2,1-4H3,(H,22,25)/t18-/m1/s1. The number of benzene rings is 2. The van der Waals surface area contributed by atoms with Gasteiger partial charge in [0.2, 0.25) is 15.9 Å². The van der Waals surface area contributed by atoms with Crippen LogP contribution in [0, 0.1) is 17.0 Å². The highest BCUT2D eigenvalue weighted by atomic mass is 32.2. The van der Waals surface area contributed by atoms with E-state index in [1.54, 1.807) is 0 Å². The number of nitrogens with one attached hydrogen (secondary N) is 1. The molecule has 1 heterocycles. The molecule has 0 saturated heterocycles. The van der Waals surface area contributed by atoms with Crippen molar-refractivity contribution in [1.29, 1.82) is 0 Å². The van der Waals surface area contributed by atoms with Gasteiger partial charge in [-0.3, -0.25) is 19.2 Å². The summed E-state index contributed by atoms with van der Waals surface area (Å²) < 4.78 is 31.5. The molecule has 31 heavy (non-hydrogen) atoms. The van der Waals surface area contributed by atoms with Gasteiger partial charge in [0.15, 0.2) is 0 Å². The Labute approximate surface area is 181 Å². The molecule has 10 heteroatoms.